The number of aromatic nitrogens is 2. The molecule has 1 aromatic heterocycles. The van der Waals surface area contributed by atoms with E-state index in [-0.39, 0.29) is 0 Å². The topological polar surface area (TPSA) is 67.1 Å². The molecule has 0 aromatic carbocycles. The lowest BCUT2D eigenvalue weighted by atomic mass is 10.3. The van der Waals surface area contributed by atoms with Crippen LogP contribution in [0.3, 0.4) is 0 Å². The summed E-state index contributed by atoms with van der Waals surface area (Å²) in [4.78, 5) is 11.1. The summed E-state index contributed by atoms with van der Waals surface area (Å²) in [5.41, 5.74) is 3.50. The van der Waals surface area contributed by atoms with Crippen LogP contribution in [0.4, 0.5) is 5.82 Å². The quantitative estimate of drug-likeness (QED) is 0.562. The van der Waals surface area contributed by atoms with Gasteiger partial charge in [0.25, 0.3) is 0 Å². The van der Waals surface area contributed by atoms with Crippen molar-refractivity contribution < 1.29 is 0 Å². The van der Waals surface area contributed by atoms with Gasteiger partial charge in [0.2, 0.25) is 0 Å². The Morgan fingerprint density at radius 3 is 2.69 bits per heavy atom. The molecule has 0 atom stereocenters. The third-order valence-electron chi connectivity index (χ3n) is 2.40. The predicted molar refractivity (Wildman–Crippen MR) is 65.8 cm³/mol. The van der Waals surface area contributed by atoms with Crippen molar-refractivity contribution in [1.29, 1.82) is 0 Å². The molecule has 0 amide bonds. The maximum atomic E-state index is 5.36. The summed E-state index contributed by atoms with van der Waals surface area (Å²) in [5, 5.41) is 0. The highest BCUT2D eigenvalue weighted by molar-refractivity contribution is 5.33. The molecule has 3 N–H and O–H groups in total. The van der Waals surface area contributed by atoms with Crippen LogP contribution in [0, 0.1) is 6.92 Å². The van der Waals surface area contributed by atoms with Crippen LogP contribution < -0.4 is 11.3 Å². The van der Waals surface area contributed by atoms with Crippen molar-refractivity contribution in [1.82, 2.24) is 14.9 Å². The Kier molecular flexibility index (Phi) is 5.14. The Bertz CT molecular complexity index is 326. The third kappa shape index (κ3) is 3.75. The van der Waals surface area contributed by atoms with Gasteiger partial charge in [-0.1, -0.05) is 13.8 Å². The molecule has 0 spiro atoms. The normalized spacial score (nSPS) is 10.8. The average Bonchev–Trinajstić information content (AvgIpc) is 2.27. The number of hydrogen-bond donors (Lipinski definition) is 2. The molecule has 0 bridgehead atoms. The number of rotatable bonds is 6. The lowest BCUT2D eigenvalue weighted by Crippen LogP contribution is -2.25. The molecule has 0 saturated heterocycles. The van der Waals surface area contributed by atoms with Crippen molar-refractivity contribution in [3.05, 3.63) is 17.6 Å². The fourth-order valence-electron chi connectivity index (χ4n) is 1.64. The maximum absolute atomic E-state index is 5.36. The molecule has 0 fully saturated rings. The summed E-state index contributed by atoms with van der Waals surface area (Å²) in [6, 6.07) is 1.83. The van der Waals surface area contributed by atoms with Gasteiger partial charge in [-0.3, -0.25) is 4.90 Å². The lowest BCUT2D eigenvalue weighted by Gasteiger charge is -2.18. The van der Waals surface area contributed by atoms with E-state index in [1.807, 2.05) is 13.0 Å². The highest BCUT2D eigenvalue weighted by Crippen LogP contribution is 2.07. The van der Waals surface area contributed by atoms with Gasteiger partial charge in [0.15, 0.2) is 0 Å². The number of nitrogen functional groups attached to an aromatic ring is 1. The monoisotopic (exact) mass is 223 g/mol. The highest BCUT2D eigenvalue weighted by atomic mass is 15.3. The molecule has 5 heteroatoms. The van der Waals surface area contributed by atoms with E-state index in [9.17, 15) is 0 Å². The Morgan fingerprint density at radius 2 is 2.12 bits per heavy atom. The highest BCUT2D eigenvalue weighted by Gasteiger charge is 2.06. The molecular formula is C11H21N5. The molecule has 0 radical (unpaired) electrons. The number of hydrazine groups is 1. The van der Waals surface area contributed by atoms with Gasteiger partial charge in [0.05, 0.1) is 6.54 Å². The van der Waals surface area contributed by atoms with E-state index in [1.165, 1.54) is 0 Å². The Balaban J connectivity index is 2.74. The van der Waals surface area contributed by atoms with Crippen molar-refractivity contribution in [2.24, 2.45) is 5.84 Å². The summed E-state index contributed by atoms with van der Waals surface area (Å²) < 4.78 is 0. The first-order valence-corrected chi connectivity index (χ1v) is 5.73. The van der Waals surface area contributed by atoms with Crippen LogP contribution >= 0.6 is 0 Å². The van der Waals surface area contributed by atoms with Crippen molar-refractivity contribution in [2.75, 3.05) is 18.5 Å². The summed E-state index contributed by atoms with van der Waals surface area (Å²) in [7, 11) is 0. The minimum absolute atomic E-state index is 0.676. The molecule has 0 aliphatic carbocycles. The number of nitrogens with one attached hydrogen (secondary N) is 1. The predicted octanol–water partition coefficient (Wildman–Crippen LogP) is 1.30. The summed E-state index contributed by atoms with van der Waals surface area (Å²) in [5.74, 6) is 6.85. The van der Waals surface area contributed by atoms with Crippen molar-refractivity contribution >= 4 is 5.82 Å². The first-order chi connectivity index (χ1) is 7.69. The van der Waals surface area contributed by atoms with Gasteiger partial charge in [0, 0.05) is 11.8 Å². The Morgan fingerprint density at radius 1 is 1.38 bits per heavy atom. The SMILES string of the molecule is CCCN(CC)Cc1nc(C)cc(NN)n1. The summed E-state index contributed by atoms with van der Waals surface area (Å²) >= 11 is 0. The summed E-state index contributed by atoms with van der Waals surface area (Å²) in [6.45, 7) is 9.12. The van der Waals surface area contributed by atoms with Gasteiger partial charge in [-0.05, 0) is 26.4 Å². The van der Waals surface area contributed by atoms with E-state index < -0.39 is 0 Å². The fourth-order valence-corrected chi connectivity index (χ4v) is 1.64. The van der Waals surface area contributed by atoms with Crippen LogP contribution in [0.25, 0.3) is 0 Å². The molecular weight excluding hydrogens is 202 g/mol. The Hall–Kier alpha value is -1.20. The largest absolute Gasteiger partial charge is 0.308 e. The van der Waals surface area contributed by atoms with Gasteiger partial charge in [-0.2, -0.15) is 0 Å². The molecule has 1 heterocycles. The van der Waals surface area contributed by atoms with E-state index in [2.05, 4.69) is 34.1 Å². The first-order valence-electron chi connectivity index (χ1n) is 5.73. The lowest BCUT2D eigenvalue weighted by molar-refractivity contribution is 0.273. The standard InChI is InChI=1S/C11H21N5/c1-4-6-16(5-2)8-11-13-9(3)7-10(14-11)15-12/h7H,4-6,8,12H2,1-3H3,(H,13,14,15). The minimum atomic E-state index is 0.676. The number of aryl methyl sites for hydroxylation is 1. The zero-order valence-electron chi connectivity index (χ0n) is 10.3. The summed E-state index contributed by atoms with van der Waals surface area (Å²) in [6.07, 6.45) is 1.14. The number of nitrogens with zero attached hydrogens (tertiary/aromatic N) is 3. The molecule has 5 nitrogen and oxygen atoms in total. The third-order valence-corrected chi connectivity index (χ3v) is 2.40. The van der Waals surface area contributed by atoms with E-state index in [4.69, 9.17) is 5.84 Å². The fraction of sp³-hybridized carbons (Fsp3) is 0.636. The van der Waals surface area contributed by atoms with Crippen molar-refractivity contribution in [2.45, 2.75) is 33.7 Å². The number of anilines is 1. The van der Waals surface area contributed by atoms with E-state index in [1.54, 1.807) is 0 Å². The smallest absolute Gasteiger partial charge is 0.145 e. The Labute approximate surface area is 97.0 Å². The van der Waals surface area contributed by atoms with Crippen LogP contribution in [0.5, 0.6) is 0 Å². The molecule has 16 heavy (non-hydrogen) atoms. The van der Waals surface area contributed by atoms with Crippen LogP contribution in [0.1, 0.15) is 31.8 Å². The average molecular weight is 223 g/mol. The van der Waals surface area contributed by atoms with Crippen LogP contribution in [0.2, 0.25) is 0 Å². The van der Waals surface area contributed by atoms with Crippen LogP contribution in [-0.4, -0.2) is 28.0 Å². The second-order valence-corrected chi connectivity index (χ2v) is 3.82. The molecule has 0 saturated carbocycles. The molecule has 90 valence electrons. The van der Waals surface area contributed by atoms with E-state index in [0.29, 0.717) is 5.82 Å². The van der Waals surface area contributed by atoms with Gasteiger partial charge in [0.1, 0.15) is 11.6 Å². The zero-order valence-corrected chi connectivity index (χ0v) is 10.3. The second-order valence-electron chi connectivity index (χ2n) is 3.82. The van der Waals surface area contributed by atoms with Crippen LogP contribution in [0.15, 0.2) is 6.07 Å². The van der Waals surface area contributed by atoms with Crippen molar-refractivity contribution in [3.63, 3.8) is 0 Å². The van der Waals surface area contributed by atoms with Gasteiger partial charge in [-0.25, -0.2) is 15.8 Å². The molecule has 0 aliphatic heterocycles. The van der Waals surface area contributed by atoms with Gasteiger partial charge in [-0.15, -0.1) is 0 Å². The molecule has 1 rings (SSSR count). The van der Waals surface area contributed by atoms with Gasteiger partial charge < -0.3 is 5.43 Å². The molecule has 0 aliphatic rings. The number of nitrogens with two attached hydrogens (primary N) is 1. The molecule has 1 aromatic rings. The van der Waals surface area contributed by atoms with E-state index >= 15 is 0 Å². The van der Waals surface area contributed by atoms with Crippen molar-refractivity contribution in [3.8, 4) is 0 Å². The molecule has 0 unspecified atom stereocenters. The first kappa shape index (κ1) is 12.9. The minimum Gasteiger partial charge on any atom is -0.308 e. The second kappa shape index (κ2) is 6.40. The van der Waals surface area contributed by atoms with E-state index in [0.717, 1.165) is 37.6 Å². The van der Waals surface area contributed by atoms with Gasteiger partial charge >= 0.3 is 0 Å². The number of hydrogen-bond acceptors (Lipinski definition) is 5. The zero-order chi connectivity index (χ0) is 12.0. The maximum Gasteiger partial charge on any atom is 0.145 e. The van der Waals surface area contributed by atoms with Crippen LogP contribution in [-0.2, 0) is 6.54 Å².